The monoisotopic (exact) mass is 530 g/mol. The topological polar surface area (TPSA) is 95.7 Å². The number of aromatic nitrogens is 3. The molecular weight excluding hydrogens is 496 g/mol. The van der Waals surface area contributed by atoms with Crippen molar-refractivity contribution in [3.05, 3.63) is 88.5 Å². The first-order valence-electron chi connectivity index (χ1n) is 13.1. The Morgan fingerprint density at radius 2 is 1.79 bits per heavy atom. The number of benzene rings is 1. The van der Waals surface area contributed by atoms with E-state index < -0.39 is 28.9 Å². The zero-order valence-electron chi connectivity index (χ0n) is 23.0. The first-order chi connectivity index (χ1) is 18.5. The van der Waals surface area contributed by atoms with Gasteiger partial charge in [0.05, 0.1) is 18.7 Å². The maximum atomic E-state index is 14.2. The molecule has 39 heavy (non-hydrogen) atoms. The van der Waals surface area contributed by atoms with Crippen LogP contribution in [0.4, 0.5) is 4.79 Å². The number of hydrogen-bond donors (Lipinski definition) is 0. The molecular formula is C30H34N4O5. The molecule has 0 unspecified atom stereocenters. The van der Waals surface area contributed by atoms with Gasteiger partial charge in [-0.2, -0.15) is 0 Å². The first kappa shape index (κ1) is 26.5. The number of likely N-dealkylation sites (tertiary alicyclic amines) is 1. The Morgan fingerprint density at radius 1 is 1.10 bits per heavy atom. The smallest absolute Gasteiger partial charge is 0.410 e. The summed E-state index contributed by atoms with van der Waals surface area (Å²) in [6.45, 7) is 8.11. The van der Waals surface area contributed by atoms with Crippen LogP contribution in [0.5, 0.6) is 0 Å². The molecule has 1 fully saturated rings. The van der Waals surface area contributed by atoms with Crippen LogP contribution < -0.4 is 5.69 Å². The third-order valence-corrected chi connectivity index (χ3v) is 7.21. The second kappa shape index (κ2) is 9.87. The van der Waals surface area contributed by atoms with Crippen molar-refractivity contribution >= 4 is 23.2 Å². The highest BCUT2D eigenvalue weighted by molar-refractivity contribution is 5.87. The molecule has 0 radical (unpaired) electrons. The molecule has 1 aromatic carbocycles. The van der Waals surface area contributed by atoms with Crippen LogP contribution in [0, 0.1) is 6.92 Å². The Balaban J connectivity index is 1.60. The van der Waals surface area contributed by atoms with E-state index in [9.17, 15) is 14.4 Å². The van der Waals surface area contributed by atoms with Gasteiger partial charge in [0.25, 0.3) is 0 Å². The molecule has 0 spiro atoms. The average molecular weight is 531 g/mol. The van der Waals surface area contributed by atoms with Crippen LogP contribution in [0.15, 0.2) is 71.7 Å². The number of fused-ring (bicyclic) bond motifs is 1. The molecule has 0 N–H and O–H groups in total. The number of esters is 1. The van der Waals surface area contributed by atoms with E-state index in [4.69, 9.17) is 9.47 Å². The minimum absolute atomic E-state index is 0.0508. The Kier molecular flexibility index (Phi) is 6.70. The molecule has 1 aliphatic carbocycles. The van der Waals surface area contributed by atoms with Crippen LogP contribution in [-0.2, 0) is 19.8 Å². The molecule has 204 valence electrons. The number of amides is 1. The van der Waals surface area contributed by atoms with Crippen LogP contribution in [0.3, 0.4) is 0 Å². The number of rotatable bonds is 4. The lowest BCUT2D eigenvalue weighted by Gasteiger charge is -2.30. The van der Waals surface area contributed by atoms with Crippen LogP contribution in [0.2, 0.25) is 0 Å². The maximum absolute atomic E-state index is 14.2. The second-order valence-electron chi connectivity index (χ2n) is 11.2. The number of methoxy groups -OCH3 is 1. The van der Waals surface area contributed by atoms with Gasteiger partial charge in [0.15, 0.2) is 11.2 Å². The van der Waals surface area contributed by atoms with Crippen molar-refractivity contribution in [3.8, 4) is 0 Å². The molecule has 1 amide bonds. The van der Waals surface area contributed by atoms with Crippen LogP contribution in [-0.4, -0.2) is 56.9 Å². The molecule has 1 aliphatic heterocycles. The summed E-state index contributed by atoms with van der Waals surface area (Å²) in [7, 11) is 1.32. The summed E-state index contributed by atoms with van der Waals surface area (Å²) in [4.78, 5) is 46.6. The normalized spacial score (nSPS) is 22.8. The lowest BCUT2D eigenvalue weighted by Crippen LogP contribution is -2.47. The van der Waals surface area contributed by atoms with Gasteiger partial charge in [-0.25, -0.2) is 19.4 Å². The van der Waals surface area contributed by atoms with Crippen LogP contribution in [0.25, 0.3) is 11.2 Å². The quantitative estimate of drug-likeness (QED) is 0.365. The molecule has 9 nitrogen and oxygen atoms in total. The second-order valence-corrected chi connectivity index (χ2v) is 11.2. The fraction of sp³-hybridized carbons (Fsp3) is 0.400. The van der Waals surface area contributed by atoms with E-state index in [1.54, 1.807) is 27.8 Å². The van der Waals surface area contributed by atoms with E-state index in [0.29, 0.717) is 30.7 Å². The zero-order valence-corrected chi connectivity index (χ0v) is 23.0. The van der Waals surface area contributed by atoms with E-state index in [1.807, 2.05) is 76.2 Å². The number of ether oxygens (including phenoxy) is 2. The average Bonchev–Trinajstić information content (AvgIpc) is 3.50. The maximum Gasteiger partial charge on any atom is 0.410 e. The molecule has 9 heteroatoms. The summed E-state index contributed by atoms with van der Waals surface area (Å²) in [5.74, 6) is -0.629. The molecule has 1 atom stereocenters. The van der Waals surface area contributed by atoms with Crippen molar-refractivity contribution in [1.82, 2.24) is 19.0 Å². The third-order valence-electron chi connectivity index (χ3n) is 7.21. The van der Waals surface area contributed by atoms with E-state index in [0.717, 1.165) is 11.1 Å². The predicted octanol–water partition coefficient (Wildman–Crippen LogP) is 4.47. The zero-order chi connectivity index (χ0) is 27.9. The van der Waals surface area contributed by atoms with Crippen molar-refractivity contribution in [2.24, 2.45) is 0 Å². The van der Waals surface area contributed by atoms with Gasteiger partial charge < -0.3 is 14.4 Å². The van der Waals surface area contributed by atoms with Gasteiger partial charge in [-0.15, -0.1) is 0 Å². The Bertz CT molecular complexity index is 1510. The number of hydrogen-bond acceptors (Lipinski definition) is 6. The van der Waals surface area contributed by atoms with E-state index in [1.165, 1.54) is 11.7 Å². The number of imidazole rings is 1. The number of nitrogens with zero attached hydrogens (tertiary/aromatic N) is 4. The summed E-state index contributed by atoms with van der Waals surface area (Å²) in [5.41, 5.74) is 0.401. The highest BCUT2D eigenvalue weighted by Gasteiger charge is 2.43. The lowest BCUT2D eigenvalue weighted by atomic mass is 9.86. The standard InChI is InChI=1S/C30H34N4O5/c1-20-17-24-25(31-18-20)33(23-13-16-32(19-23)28(37)39-29(2,3)4)27(36)34(24)30(26(35)38-5)14-11-22(12-15-30)21-9-7-6-8-10-21/h6-12,14-15,17-18,22-23H,13,16,19H2,1-5H3/t22?,23-,30?/m0/s1. The van der Waals surface area contributed by atoms with Crippen LogP contribution in [0.1, 0.15) is 50.3 Å². The summed E-state index contributed by atoms with van der Waals surface area (Å²) in [5, 5.41) is 0. The summed E-state index contributed by atoms with van der Waals surface area (Å²) >= 11 is 0. The minimum Gasteiger partial charge on any atom is -0.467 e. The van der Waals surface area contributed by atoms with Crippen molar-refractivity contribution in [1.29, 1.82) is 0 Å². The van der Waals surface area contributed by atoms with Crippen molar-refractivity contribution < 1.29 is 19.1 Å². The van der Waals surface area contributed by atoms with Gasteiger partial charge in [0.2, 0.25) is 0 Å². The molecule has 5 rings (SSSR count). The SMILES string of the molecule is COC(=O)C1(n2c(=O)n([C@H]3CCN(C(=O)OC(C)(C)C)C3)c3ncc(C)cc32)C=CC(c2ccccc2)C=C1. The predicted molar refractivity (Wildman–Crippen MR) is 148 cm³/mol. The fourth-order valence-electron chi connectivity index (χ4n) is 5.39. The first-order valence-corrected chi connectivity index (χ1v) is 13.1. The Hall–Kier alpha value is -4.14. The highest BCUT2D eigenvalue weighted by Crippen LogP contribution is 2.35. The third kappa shape index (κ3) is 4.77. The van der Waals surface area contributed by atoms with Gasteiger partial charge in [-0.05, 0) is 63.5 Å². The lowest BCUT2D eigenvalue weighted by molar-refractivity contribution is -0.146. The Labute approximate surface area is 227 Å². The van der Waals surface area contributed by atoms with Gasteiger partial charge in [-0.3, -0.25) is 9.13 Å². The van der Waals surface area contributed by atoms with Crippen molar-refractivity contribution in [3.63, 3.8) is 0 Å². The molecule has 0 saturated carbocycles. The largest absolute Gasteiger partial charge is 0.467 e. The van der Waals surface area contributed by atoms with E-state index >= 15 is 0 Å². The number of pyridine rings is 1. The van der Waals surface area contributed by atoms with Gasteiger partial charge in [0, 0.05) is 25.2 Å². The van der Waals surface area contributed by atoms with Gasteiger partial charge >= 0.3 is 17.8 Å². The molecule has 3 heterocycles. The van der Waals surface area contributed by atoms with Crippen molar-refractivity contribution in [2.75, 3.05) is 20.2 Å². The number of allylic oxidation sites excluding steroid dienone is 2. The fourth-order valence-corrected chi connectivity index (χ4v) is 5.39. The Morgan fingerprint density at radius 3 is 2.44 bits per heavy atom. The van der Waals surface area contributed by atoms with Crippen LogP contribution >= 0.6 is 0 Å². The highest BCUT2D eigenvalue weighted by atomic mass is 16.6. The summed E-state index contributed by atoms with van der Waals surface area (Å²) in [6, 6.07) is 11.5. The molecule has 2 aromatic heterocycles. The van der Waals surface area contributed by atoms with E-state index in [2.05, 4.69) is 4.98 Å². The molecule has 1 saturated heterocycles. The number of aryl methyl sites for hydroxylation is 1. The number of carbonyl (C=O) groups excluding carboxylic acids is 2. The van der Waals surface area contributed by atoms with E-state index in [-0.39, 0.29) is 12.0 Å². The molecule has 3 aromatic rings. The number of carbonyl (C=O) groups is 2. The van der Waals surface area contributed by atoms with Gasteiger partial charge in [-0.1, -0.05) is 42.5 Å². The van der Waals surface area contributed by atoms with Crippen molar-refractivity contribution in [2.45, 2.75) is 57.2 Å². The summed E-state index contributed by atoms with van der Waals surface area (Å²) in [6.07, 6.45) is 9.17. The minimum atomic E-state index is -1.49. The van der Waals surface area contributed by atoms with Gasteiger partial charge in [0.1, 0.15) is 5.60 Å². The molecule has 2 aliphatic rings. The summed E-state index contributed by atoms with van der Waals surface area (Å²) < 4.78 is 13.9. The molecule has 0 bridgehead atoms.